The SMILES string of the molecule is CC1CC=C(C(=O)c2nccn2C)CC1. The highest BCUT2D eigenvalue weighted by molar-refractivity contribution is 6.06. The Morgan fingerprint density at radius 3 is 2.93 bits per heavy atom. The summed E-state index contributed by atoms with van der Waals surface area (Å²) in [5.74, 6) is 1.35. The number of aryl methyl sites for hydroxylation is 1. The Morgan fingerprint density at radius 1 is 1.60 bits per heavy atom. The maximum Gasteiger partial charge on any atom is 0.224 e. The van der Waals surface area contributed by atoms with Crippen LogP contribution in [0.1, 0.15) is 36.8 Å². The van der Waals surface area contributed by atoms with Gasteiger partial charge in [0.15, 0.2) is 5.82 Å². The van der Waals surface area contributed by atoms with Crippen LogP contribution in [-0.2, 0) is 7.05 Å². The first kappa shape index (κ1) is 10.1. The number of carbonyl (C=O) groups excluding carboxylic acids is 1. The van der Waals surface area contributed by atoms with Gasteiger partial charge >= 0.3 is 0 Å². The number of hydrogen-bond donors (Lipinski definition) is 0. The predicted molar refractivity (Wildman–Crippen MR) is 58.6 cm³/mol. The van der Waals surface area contributed by atoms with Gasteiger partial charge in [-0.05, 0) is 30.8 Å². The van der Waals surface area contributed by atoms with E-state index in [1.54, 1.807) is 17.0 Å². The largest absolute Gasteiger partial charge is 0.331 e. The normalized spacial score (nSPS) is 21.2. The van der Waals surface area contributed by atoms with Crippen LogP contribution in [0.2, 0.25) is 0 Å². The monoisotopic (exact) mass is 204 g/mol. The van der Waals surface area contributed by atoms with Crippen molar-refractivity contribution in [3.63, 3.8) is 0 Å². The Kier molecular flexibility index (Phi) is 2.71. The van der Waals surface area contributed by atoms with Crippen molar-refractivity contribution in [3.05, 3.63) is 29.9 Å². The fourth-order valence-electron chi connectivity index (χ4n) is 1.90. The zero-order valence-electron chi connectivity index (χ0n) is 9.23. The van der Waals surface area contributed by atoms with E-state index in [0.717, 1.165) is 24.8 Å². The Labute approximate surface area is 89.8 Å². The standard InChI is InChI=1S/C12H16N2O/c1-9-3-5-10(6-4-9)11(15)12-13-7-8-14(12)2/h5,7-9H,3-4,6H2,1-2H3. The Bertz CT molecular complexity index is 404. The molecule has 1 aromatic heterocycles. The van der Waals surface area contributed by atoms with Crippen molar-refractivity contribution in [2.45, 2.75) is 26.2 Å². The second-order valence-electron chi connectivity index (χ2n) is 4.30. The number of aromatic nitrogens is 2. The second-order valence-corrected chi connectivity index (χ2v) is 4.30. The van der Waals surface area contributed by atoms with Gasteiger partial charge in [-0.25, -0.2) is 4.98 Å². The zero-order chi connectivity index (χ0) is 10.8. The Balaban J connectivity index is 2.19. The number of rotatable bonds is 2. The molecule has 0 bridgehead atoms. The molecule has 0 aliphatic heterocycles. The molecule has 1 aromatic rings. The number of allylic oxidation sites excluding steroid dienone is 2. The summed E-state index contributed by atoms with van der Waals surface area (Å²) in [6.45, 7) is 2.22. The molecule has 1 aliphatic carbocycles. The molecule has 0 fully saturated rings. The molecular formula is C12H16N2O. The number of ketones is 1. The summed E-state index contributed by atoms with van der Waals surface area (Å²) in [5, 5.41) is 0. The molecule has 0 radical (unpaired) electrons. The summed E-state index contributed by atoms with van der Waals surface area (Å²) in [6, 6.07) is 0. The van der Waals surface area contributed by atoms with Crippen molar-refractivity contribution >= 4 is 5.78 Å². The highest BCUT2D eigenvalue weighted by Crippen LogP contribution is 2.24. The minimum absolute atomic E-state index is 0.0920. The van der Waals surface area contributed by atoms with Gasteiger partial charge in [-0.1, -0.05) is 13.0 Å². The van der Waals surface area contributed by atoms with E-state index in [4.69, 9.17) is 0 Å². The maximum atomic E-state index is 12.0. The summed E-state index contributed by atoms with van der Waals surface area (Å²) in [6.07, 6.45) is 8.57. The molecule has 0 N–H and O–H groups in total. The van der Waals surface area contributed by atoms with Crippen molar-refractivity contribution in [2.75, 3.05) is 0 Å². The van der Waals surface area contributed by atoms with Gasteiger partial charge < -0.3 is 4.57 Å². The van der Waals surface area contributed by atoms with E-state index in [-0.39, 0.29) is 5.78 Å². The lowest BCUT2D eigenvalue weighted by Crippen LogP contribution is -2.13. The molecule has 2 rings (SSSR count). The fourth-order valence-corrected chi connectivity index (χ4v) is 1.90. The Hall–Kier alpha value is -1.38. The van der Waals surface area contributed by atoms with E-state index in [9.17, 15) is 4.79 Å². The van der Waals surface area contributed by atoms with Gasteiger partial charge in [0.05, 0.1) is 0 Å². The molecule has 0 saturated carbocycles. The van der Waals surface area contributed by atoms with E-state index in [2.05, 4.69) is 18.0 Å². The first-order chi connectivity index (χ1) is 7.18. The molecule has 3 nitrogen and oxygen atoms in total. The minimum Gasteiger partial charge on any atom is -0.331 e. The minimum atomic E-state index is 0.0920. The quantitative estimate of drug-likeness (QED) is 0.693. The van der Waals surface area contributed by atoms with Crippen LogP contribution in [0.15, 0.2) is 24.0 Å². The lowest BCUT2D eigenvalue weighted by atomic mass is 9.89. The molecule has 80 valence electrons. The van der Waals surface area contributed by atoms with Gasteiger partial charge in [-0.2, -0.15) is 0 Å². The summed E-state index contributed by atoms with van der Waals surface area (Å²) in [7, 11) is 1.85. The third-order valence-electron chi connectivity index (χ3n) is 2.99. The van der Waals surface area contributed by atoms with Crippen LogP contribution < -0.4 is 0 Å². The van der Waals surface area contributed by atoms with Gasteiger partial charge in [-0.3, -0.25) is 4.79 Å². The molecule has 3 heteroatoms. The highest BCUT2D eigenvalue weighted by Gasteiger charge is 2.19. The van der Waals surface area contributed by atoms with Crippen molar-refractivity contribution in [2.24, 2.45) is 13.0 Å². The van der Waals surface area contributed by atoms with Crippen molar-refractivity contribution < 1.29 is 4.79 Å². The van der Waals surface area contributed by atoms with Crippen LogP contribution >= 0.6 is 0 Å². The predicted octanol–water partition coefficient (Wildman–Crippen LogP) is 2.35. The molecule has 15 heavy (non-hydrogen) atoms. The summed E-state index contributed by atoms with van der Waals surface area (Å²) in [4.78, 5) is 16.1. The van der Waals surface area contributed by atoms with E-state index in [1.165, 1.54) is 0 Å². The van der Waals surface area contributed by atoms with Crippen LogP contribution in [0.4, 0.5) is 0 Å². The van der Waals surface area contributed by atoms with Crippen LogP contribution in [0, 0.1) is 5.92 Å². The molecule has 1 aliphatic rings. The molecule has 0 amide bonds. The number of Topliss-reactive ketones (excluding diaryl/α,β-unsaturated/α-hetero) is 1. The number of nitrogens with zero attached hydrogens (tertiary/aromatic N) is 2. The molecule has 1 atom stereocenters. The van der Waals surface area contributed by atoms with Crippen LogP contribution in [0.3, 0.4) is 0 Å². The third kappa shape index (κ3) is 2.01. The summed E-state index contributed by atoms with van der Waals surface area (Å²) >= 11 is 0. The van der Waals surface area contributed by atoms with Crippen molar-refractivity contribution in [1.29, 1.82) is 0 Å². The first-order valence-electron chi connectivity index (χ1n) is 5.39. The summed E-state index contributed by atoms with van der Waals surface area (Å²) < 4.78 is 1.78. The van der Waals surface area contributed by atoms with E-state index in [1.807, 2.05) is 7.05 Å². The van der Waals surface area contributed by atoms with Gasteiger partial charge in [0.25, 0.3) is 0 Å². The van der Waals surface area contributed by atoms with Crippen molar-refractivity contribution in [1.82, 2.24) is 9.55 Å². The molecule has 1 unspecified atom stereocenters. The van der Waals surface area contributed by atoms with E-state index < -0.39 is 0 Å². The maximum absolute atomic E-state index is 12.0. The van der Waals surface area contributed by atoms with Gasteiger partial charge in [0, 0.05) is 19.4 Å². The van der Waals surface area contributed by atoms with Crippen LogP contribution in [0.25, 0.3) is 0 Å². The van der Waals surface area contributed by atoms with E-state index >= 15 is 0 Å². The van der Waals surface area contributed by atoms with Crippen LogP contribution in [-0.4, -0.2) is 15.3 Å². The zero-order valence-corrected chi connectivity index (χ0v) is 9.23. The van der Waals surface area contributed by atoms with Gasteiger partial charge in [0.1, 0.15) is 0 Å². The smallest absolute Gasteiger partial charge is 0.224 e. The molecular weight excluding hydrogens is 188 g/mol. The first-order valence-corrected chi connectivity index (χ1v) is 5.39. The fraction of sp³-hybridized carbons (Fsp3) is 0.500. The van der Waals surface area contributed by atoms with Crippen LogP contribution in [0.5, 0.6) is 0 Å². The number of hydrogen-bond acceptors (Lipinski definition) is 2. The molecule has 0 saturated heterocycles. The average Bonchev–Trinajstić information content (AvgIpc) is 2.65. The van der Waals surface area contributed by atoms with Gasteiger partial charge in [0.2, 0.25) is 5.78 Å². The Morgan fingerprint density at radius 2 is 2.40 bits per heavy atom. The summed E-state index contributed by atoms with van der Waals surface area (Å²) in [5.41, 5.74) is 0.933. The number of imidazole rings is 1. The lowest BCUT2D eigenvalue weighted by Gasteiger charge is -2.16. The molecule has 1 heterocycles. The topological polar surface area (TPSA) is 34.9 Å². The average molecular weight is 204 g/mol. The lowest BCUT2D eigenvalue weighted by molar-refractivity contribution is 0.101. The van der Waals surface area contributed by atoms with Gasteiger partial charge in [-0.15, -0.1) is 0 Å². The molecule has 0 aromatic carbocycles. The second kappa shape index (κ2) is 4.01. The van der Waals surface area contributed by atoms with Crippen molar-refractivity contribution in [3.8, 4) is 0 Å². The highest BCUT2D eigenvalue weighted by atomic mass is 16.1. The van der Waals surface area contributed by atoms with E-state index in [0.29, 0.717) is 11.7 Å². The number of carbonyl (C=O) groups is 1. The third-order valence-corrected chi connectivity index (χ3v) is 2.99. The molecule has 0 spiro atoms.